The lowest BCUT2D eigenvalue weighted by molar-refractivity contribution is -0.121. The zero-order chi connectivity index (χ0) is 19.3. The van der Waals surface area contributed by atoms with Crippen molar-refractivity contribution in [2.75, 3.05) is 18.4 Å². The van der Waals surface area contributed by atoms with Crippen molar-refractivity contribution >= 4 is 11.6 Å². The molecule has 3 aromatic rings. The molecular formula is C23H26N4O. The van der Waals surface area contributed by atoms with Crippen LogP contribution in [0.5, 0.6) is 0 Å². The van der Waals surface area contributed by atoms with Crippen molar-refractivity contribution in [1.82, 2.24) is 15.1 Å². The average Bonchev–Trinajstić information content (AvgIpc) is 3.21. The minimum Gasteiger partial charge on any atom is -0.326 e. The molecular weight excluding hydrogens is 348 g/mol. The minimum atomic E-state index is 0.0132. The van der Waals surface area contributed by atoms with E-state index in [2.05, 4.69) is 63.7 Å². The normalized spacial score (nSPS) is 17.4. The van der Waals surface area contributed by atoms with Gasteiger partial charge >= 0.3 is 0 Å². The van der Waals surface area contributed by atoms with Crippen LogP contribution in [0.3, 0.4) is 0 Å². The monoisotopic (exact) mass is 374 g/mol. The second-order valence-corrected chi connectivity index (χ2v) is 7.60. The van der Waals surface area contributed by atoms with Crippen LogP contribution in [-0.4, -0.2) is 34.1 Å². The largest absolute Gasteiger partial charge is 0.326 e. The quantitative estimate of drug-likeness (QED) is 0.702. The van der Waals surface area contributed by atoms with E-state index in [4.69, 9.17) is 0 Å². The molecule has 1 saturated heterocycles. The molecule has 1 fully saturated rings. The molecule has 1 aliphatic heterocycles. The van der Waals surface area contributed by atoms with Crippen molar-refractivity contribution in [1.29, 1.82) is 0 Å². The number of H-pyrrole nitrogens is 1. The van der Waals surface area contributed by atoms with E-state index in [1.54, 1.807) is 6.20 Å². The van der Waals surface area contributed by atoms with E-state index in [0.29, 0.717) is 0 Å². The number of nitrogens with zero attached hydrogens (tertiary/aromatic N) is 2. The van der Waals surface area contributed by atoms with Gasteiger partial charge in [-0.1, -0.05) is 42.0 Å². The van der Waals surface area contributed by atoms with Gasteiger partial charge in [-0.3, -0.25) is 14.8 Å². The van der Waals surface area contributed by atoms with Gasteiger partial charge in [-0.15, -0.1) is 0 Å². The third-order valence-corrected chi connectivity index (χ3v) is 5.31. The fraction of sp³-hybridized carbons (Fsp3) is 0.304. The smallest absolute Gasteiger partial charge is 0.228 e. The summed E-state index contributed by atoms with van der Waals surface area (Å²) in [6.07, 6.45) is 3.74. The lowest BCUT2D eigenvalue weighted by atomic mass is 9.96. The number of nitrogens with one attached hydrogen (secondary N) is 2. The summed E-state index contributed by atoms with van der Waals surface area (Å²) in [5, 5.41) is 10.1. The van der Waals surface area contributed by atoms with Crippen LogP contribution in [0.25, 0.3) is 11.1 Å². The van der Waals surface area contributed by atoms with Crippen LogP contribution < -0.4 is 5.32 Å². The number of piperidine rings is 1. The fourth-order valence-corrected chi connectivity index (χ4v) is 3.87. The highest BCUT2D eigenvalue weighted by atomic mass is 16.1. The van der Waals surface area contributed by atoms with Crippen molar-refractivity contribution in [2.45, 2.75) is 26.3 Å². The Balaban J connectivity index is 1.41. The summed E-state index contributed by atoms with van der Waals surface area (Å²) in [6.45, 7) is 4.70. The van der Waals surface area contributed by atoms with Crippen LogP contribution in [0.15, 0.2) is 60.8 Å². The van der Waals surface area contributed by atoms with Crippen molar-refractivity contribution in [2.24, 2.45) is 5.92 Å². The highest BCUT2D eigenvalue weighted by molar-refractivity contribution is 5.93. The maximum atomic E-state index is 12.9. The van der Waals surface area contributed by atoms with Crippen molar-refractivity contribution in [3.63, 3.8) is 0 Å². The van der Waals surface area contributed by atoms with Crippen LogP contribution in [0.2, 0.25) is 0 Å². The summed E-state index contributed by atoms with van der Waals surface area (Å²) in [7, 11) is 0. The standard InChI is InChI=1S/C23H26N4O/c1-17-5-2-6-18(13-17)19-7-3-9-21(14-19)25-23(28)20-8-4-12-27(15-20)16-22-10-11-24-26-22/h2-3,5-7,9-11,13-14,20H,4,8,12,15-16H2,1H3,(H,24,26)(H,25,28)/t20-/m0/s1. The number of amides is 1. The number of hydrogen-bond acceptors (Lipinski definition) is 3. The maximum Gasteiger partial charge on any atom is 0.228 e. The summed E-state index contributed by atoms with van der Waals surface area (Å²) < 4.78 is 0. The Bertz CT molecular complexity index is 935. The minimum absolute atomic E-state index is 0.0132. The number of hydrogen-bond donors (Lipinski definition) is 2. The highest BCUT2D eigenvalue weighted by Crippen LogP contribution is 2.25. The average molecular weight is 374 g/mol. The van der Waals surface area contributed by atoms with Gasteiger partial charge in [-0.25, -0.2) is 0 Å². The zero-order valence-corrected chi connectivity index (χ0v) is 16.2. The first-order valence-electron chi connectivity index (χ1n) is 9.86. The molecule has 0 spiro atoms. The van der Waals surface area contributed by atoms with Crippen molar-refractivity contribution < 1.29 is 4.79 Å². The molecule has 4 rings (SSSR count). The van der Waals surface area contributed by atoms with Gasteiger partial charge in [-0.05, 0) is 55.6 Å². The van der Waals surface area contributed by atoms with E-state index in [0.717, 1.165) is 49.4 Å². The second kappa shape index (κ2) is 8.40. The predicted molar refractivity (Wildman–Crippen MR) is 112 cm³/mol. The third-order valence-electron chi connectivity index (χ3n) is 5.31. The SMILES string of the molecule is Cc1cccc(-c2cccc(NC(=O)[C@H]3CCCN(Cc4ccn[nH]4)C3)c2)c1. The van der Waals surface area contributed by atoms with Crippen molar-refractivity contribution in [3.05, 3.63) is 72.1 Å². The van der Waals surface area contributed by atoms with E-state index in [1.165, 1.54) is 11.1 Å². The highest BCUT2D eigenvalue weighted by Gasteiger charge is 2.26. The molecule has 144 valence electrons. The zero-order valence-electron chi connectivity index (χ0n) is 16.2. The first kappa shape index (κ1) is 18.4. The summed E-state index contributed by atoms with van der Waals surface area (Å²) in [4.78, 5) is 15.2. The molecule has 1 aliphatic rings. The predicted octanol–water partition coefficient (Wildman–Crippen LogP) is 4.24. The van der Waals surface area contributed by atoms with E-state index >= 15 is 0 Å². The van der Waals surface area contributed by atoms with Crippen LogP contribution >= 0.6 is 0 Å². The van der Waals surface area contributed by atoms with Gasteiger partial charge in [0.15, 0.2) is 0 Å². The number of benzene rings is 2. The molecule has 0 aliphatic carbocycles. The number of aromatic nitrogens is 2. The summed E-state index contributed by atoms with van der Waals surface area (Å²) in [5.41, 5.74) is 5.46. The third kappa shape index (κ3) is 4.49. The number of carbonyl (C=O) groups excluding carboxylic acids is 1. The van der Waals surface area contributed by atoms with Gasteiger partial charge in [0.2, 0.25) is 5.91 Å². The lowest BCUT2D eigenvalue weighted by Gasteiger charge is -2.31. The van der Waals surface area contributed by atoms with Gasteiger partial charge in [0.25, 0.3) is 0 Å². The summed E-state index contributed by atoms with van der Waals surface area (Å²) in [5.74, 6) is 0.120. The Labute approximate surface area is 165 Å². The second-order valence-electron chi connectivity index (χ2n) is 7.60. The molecule has 0 unspecified atom stereocenters. The van der Waals surface area contributed by atoms with Gasteiger partial charge in [-0.2, -0.15) is 5.10 Å². The van der Waals surface area contributed by atoms with Gasteiger partial charge in [0.05, 0.1) is 5.92 Å². The van der Waals surface area contributed by atoms with Crippen LogP contribution in [0.4, 0.5) is 5.69 Å². The topological polar surface area (TPSA) is 61.0 Å². The molecule has 5 heteroatoms. The number of carbonyl (C=O) groups is 1. The Kier molecular flexibility index (Phi) is 5.53. The fourth-order valence-electron chi connectivity index (χ4n) is 3.87. The molecule has 28 heavy (non-hydrogen) atoms. The number of anilines is 1. The van der Waals surface area contributed by atoms with Gasteiger partial charge in [0.1, 0.15) is 0 Å². The molecule has 0 saturated carbocycles. The molecule has 0 bridgehead atoms. The number of likely N-dealkylation sites (tertiary alicyclic amines) is 1. The van der Waals surface area contributed by atoms with E-state index < -0.39 is 0 Å². The Hall–Kier alpha value is -2.92. The lowest BCUT2D eigenvalue weighted by Crippen LogP contribution is -2.40. The first-order valence-corrected chi connectivity index (χ1v) is 9.86. The molecule has 2 heterocycles. The van der Waals surface area contributed by atoms with Gasteiger partial charge in [0, 0.05) is 30.7 Å². The number of aryl methyl sites for hydroxylation is 1. The number of rotatable bonds is 5. The van der Waals surface area contributed by atoms with E-state index in [9.17, 15) is 4.79 Å². The number of aromatic amines is 1. The van der Waals surface area contributed by atoms with Crippen molar-refractivity contribution in [3.8, 4) is 11.1 Å². The molecule has 2 aromatic carbocycles. The van der Waals surface area contributed by atoms with Crippen LogP contribution in [-0.2, 0) is 11.3 Å². The maximum absolute atomic E-state index is 12.9. The van der Waals surface area contributed by atoms with E-state index in [-0.39, 0.29) is 11.8 Å². The van der Waals surface area contributed by atoms with Crippen LogP contribution in [0, 0.1) is 12.8 Å². The van der Waals surface area contributed by atoms with Gasteiger partial charge < -0.3 is 5.32 Å². The first-order chi connectivity index (χ1) is 13.7. The van der Waals surface area contributed by atoms with E-state index in [1.807, 2.05) is 18.2 Å². The molecule has 0 radical (unpaired) electrons. The Morgan fingerprint density at radius 2 is 2.00 bits per heavy atom. The molecule has 1 aromatic heterocycles. The Morgan fingerprint density at radius 3 is 2.79 bits per heavy atom. The molecule has 1 atom stereocenters. The molecule has 5 nitrogen and oxygen atoms in total. The van der Waals surface area contributed by atoms with Crippen LogP contribution in [0.1, 0.15) is 24.1 Å². The molecule has 1 amide bonds. The summed E-state index contributed by atoms with van der Waals surface area (Å²) in [6, 6.07) is 18.5. The Morgan fingerprint density at radius 1 is 1.18 bits per heavy atom. The summed E-state index contributed by atoms with van der Waals surface area (Å²) >= 11 is 0. The molecule has 2 N–H and O–H groups in total.